The number of thiazole rings is 1. The van der Waals surface area contributed by atoms with E-state index < -0.39 is 0 Å². The van der Waals surface area contributed by atoms with Gasteiger partial charge < -0.3 is 0 Å². The van der Waals surface area contributed by atoms with Gasteiger partial charge in [0, 0.05) is 31.6 Å². The van der Waals surface area contributed by atoms with Crippen molar-refractivity contribution in [3.05, 3.63) is 50.9 Å². The molecule has 1 aromatic heterocycles. The third-order valence-electron chi connectivity index (χ3n) is 2.95. The second kappa shape index (κ2) is 6.64. The standard InChI is InChI=1S/C13H12Br3NS/c14-7-13(8-15,5-10-6-17-9-18-10)11-3-1-2-4-12(11)16/h1-4,6,9H,5,7-8H2. The first kappa shape index (κ1) is 14.7. The molecule has 2 aromatic rings. The fourth-order valence-corrected chi connectivity index (χ4v) is 5.30. The van der Waals surface area contributed by atoms with E-state index in [2.05, 4.69) is 71.0 Å². The normalized spacial score (nSPS) is 11.7. The second-order valence-electron chi connectivity index (χ2n) is 4.17. The van der Waals surface area contributed by atoms with Crippen molar-refractivity contribution < 1.29 is 0 Å². The second-order valence-corrected chi connectivity index (χ2v) is 7.12. The maximum Gasteiger partial charge on any atom is 0.0794 e. The van der Waals surface area contributed by atoms with Gasteiger partial charge in [-0.1, -0.05) is 66.0 Å². The van der Waals surface area contributed by atoms with Gasteiger partial charge in [0.15, 0.2) is 0 Å². The van der Waals surface area contributed by atoms with Gasteiger partial charge in [-0.25, -0.2) is 0 Å². The molecule has 0 saturated heterocycles. The van der Waals surface area contributed by atoms with Crippen molar-refractivity contribution in [2.45, 2.75) is 11.8 Å². The molecule has 0 bridgehead atoms. The lowest BCUT2D eigenvalue weighted by atomic mass is 9.81. The molecule has 2 rings (SSSR count). The molecular weight excluding hydrogens is 442 g/mol. The highest BCUT2D eigenvalue weighted by atomic mass is 79.9. The average Bonchev–Trinajstić information content (AvgIpc) is 2.90. The molecule has 0 amide bonds. The van der Waals surface area contributed by atoms with Gasteiger partial charge in [0.2, 0.25) is 0 Å². The molecule has 1 aromatic carbocycles. The van der Waals surface area contributed by atoms with Gasteiger partial charge in [0.25, 0.3) is 0 Å². The van der Waals surface area contributed by atoms with E-state index in [4.69, 9.17) is 0 Å². The summed E-state index contributed by atoms with van der Waals surface area (Å²) in [5, 5.41) is 1.82. The average molecular weight is 454 g/mol. The van der Waals surface area contributed by atoms with Crippen LogP contribution < -0.4 is 0 Å². The molecule has 1 nitrogen and oxygen atoms in total. The summed E-state index contributed by atoms with van der Waals surface area (Å²) in [6, 6.07) is 8.43. The Morgan fingerprint density at radius 3 is 2.44 bits per heavy atom. The highest BCUT2D eigenvalue weighted by Gasteiger charge is 2.32. The van der Waals surface area contributed by atoms with E-state index in [1.165, 1.54) is 10.4 Å². The monoisotopic (exact) mass is 451 g/mol. The summed E-state index contributed by atoms with van der Waals surface area (Å²) >= 11 is 12.7. The smallest absolute Gasteiger partial charge is 0.0794 e. The fourth-order valence-electron chi connectivity index (χ4n) is 1.92. The molecule has 18 heavy (non-hydrogen) atoms. The van der Waals surface area contributed by atoms with E-state index in [1.54, 1.807) is 11.3 Å². The summed E-state index contributed by atoms with van der Waals surface area (Å²) in [7, 11) is 0. The summed E-state index contributed by atoms with van der Waals surface area (Å²) in [6.45, 7) is 0. The Balaban J connectivity index is 2.40. The van der Waals surface area contributed by atoms with E-state index >= 15 is 0 Å². The number of benzene rings is 1. The summed E-state index contributed by atoms with van der Waals surface area (Å²) < 4.78 is 1.16. The minimum atomic E-state index is 0.0482. The fraction of sp³-hybridized carbons (Fsp3) is 0.308. The minimum Gasteiger partial charge on any atom is -0.253 e. The third-order valence-corrected chi connectivity index (χ3v) is 6.57. The first-order chi connectivity index (χ1) is 8.72. The Kier molecular flexibility index (Phi) is 5.42. The maximum atomic E-state index is 4.17. The molecule has 0 saturated carbocycles. The van der Waals surface area contributed by atoms with Crippen molar-refractivity contribution >= 4 is 59.1 Å². The summed E-state index contributed by atoms with van der Waals surface area (Å²) in [5.74, 6) is 0. The molecular formula is C13H12Br3NS. The number of alkyl halides is 2. The zero-order chi connectivity index (χ0) is 13.0. The number of hydrogen-bond acceptors (Lipinski definition) is 2. The SMILES string of the molecule is BrCC(CBr)(Cc1cncs1)c1ccccc1Br. The van der Waals surface area contributed by atoms with Gasteiger partial charge >= 0.3 is 0 Å². The van der Waals surface area contributed by atoms with Gasteiger partial charge in [0.1, 0.15) is 0 Å². The van der Waals surface area contributed by atoms with Gasteiger partial charge in [0.05, 0.1) is 5.51 Å². The number of halogens is 3. The topological polar surface area (TPSA) is 12.9 Å². The molecule has 1 heterocycles. The van der Waals surface area contributed by atoms with Crippen molar-refractivity contribution in [2.75, 3.05) is 10.7 Å². The molecule has 0 N–H and O–H groups in total. The van der Waals surface area contributed by atoms with Crippen LogP contribution in [0.2, 0.25) is 0 Å². The van der Waals surface area contributed by atoms with Crippen molar-refractivity contribution in [1.82, 2.24) is 4.98 Å². The van der Waals surface area contributed by atoms with Crippen LogP contribution in [-0.4, -0.2) is 15.6 Å². The van der Waals surface area contributed by atoms with E-state index in [0.29, 0.717) is 0 Å². The lowest BCUT2D eigenvalue weighted by Gasteiger charge is -2.31. The molecule has 0 radical (unpaired) electrons. The first-order valence-electron chi connectivity index (χ1n) is 5.46. The van der Waals surface area contributed by atoms with Crippen molar-refractivity contribution in [3.63, 3.8) is 0 Å². The predicted octanol–water partition coefficient (Wildman–Crippen LogP) is 5.18. The molecule has 96 valence electrons. The maximum absolute atomic E-state index is 4.17. The number of nitrogens with zero attached hydrogens (tertiary/aromatic N) is 1. The van der Waals surface area contributed by atoms with E-state index in [0.717, 1.165) is 21.6 Å². The zero-order valence-electron chi connectivity index (χ0n) is 9.57. The van der Waals surface area contributed by atoms with Crippen LogP contribution in [0.4, 0.5) is 0 Å². The molecule has 0 aliphatic rings. The predicted molar refractivity (Wildman–Crippen MR) is 89.2 cm³/mol. The Morgan fingerprint density at radius 1 is 1.17 bits per heavy atom. The molecule has 0 unspecified atom stereocenters. The lowest BCUT2D eigenvalue weighted by molar-refractivity contribution is 0.553. The summed E-state index contributed by atoms with van der Waals surface area (Å²) in [5.41, 5.74) is 3.27. The lowest BCUT2D eigenvalue weighted by Crippen LogP contribution is -2.33. The van der Waals surface area contributed by atoms with Crippen LogP contribution in [0, 0.1) is 0 Å². The minimum absolute atomic E-state index is 0.0482. The molecule has 0 atom stereocenters. The van der Waals surface area contributed by atoms with Crippen LogP contribution in [-0.2, 0) is 11.8 Å². The Labute approximate surface area is 136 Å². The van der Waals surface area contributed by atoms with Gasteiger partial charge in [-0.05, 0) is 18.1 Å². The van der Waals surface area contributed by atoms with E-state index in [1.807, 2.05) is 17.8 Å². The van der Waals surface area contributed by atoms with Crippen LogP contribution in [0.1, 0.15) is 10.4 Å². The van der Waals surface area contributed by atoms with Crippen LogP contribution in [0.5, 0.6) is 0 Å². The molecule has 5 heteroatoms. The molecule has 0 aliphatic carbocycles. The van der Waals surface area contributed by atoms with Crippen LogP contribution in [0.25, 0.3) is 0 Å². The highest BCUT2D eigenvalue weighted by Crippen LogP contribution is 2.37. The van der Waals surface area contributed by atoms with Crippen LogP contribution in [0.3, 0.4) is 0 Å². The molecule has 0 aliphatic heterocycles. The number of hydrogen-bond donors (Lipinski definition) is 0. The highest BCUT2D eigenvalue weighted by molar-refractivity contribution is 9.10. The van der Waals surface area contributed by atoms with Gasteiger partial charge in [-0.15, -0.1) is 11.3 Å². The van der Waals surface area contributed by atoms with Gasteiger partial charge in [-0.3, -0.25) is 4.98 Å². The number of aromatic nitrogens is 1. The van der Waals surface area contributed by atoms with E-state index in [9.17, 15) is 0 Å². The van der Waals surface area contributed by atoms with Crippen molar-refractivity contribution in [2.24, 2.45) is 0 Å². The van der Waals surface area contributed by atoms with Gasteiger partial charge in [-0.2, -0.15) is 0 Å². The largest absolute Gasteiger partial charge is 0.253 e. The number of rotatable bonds is 5. The Morgan fingerprint density at radius 2 is 1.89 bits per heavy atom. The molecule has 0 fully saturated rings. The zero-order valence-corrected chi connectivity index (χ0v) is 15.1. The van der Waals surface area contributed by atoms with Crippen LogP contribution in [0.15, 0.2) is 40.4 Å². The van der Waals surface area contributed by atoms with Crippen LogP contribution >= 0.6 is 59.1 Å². The Bertz CT molecular complexity index is 495. The summed E-state index contributed by atoms with van der Waals surface area (Å²) in [6.07, 6.45) is 2.94. The first-order valence-corrected chi connectivity index (χ1v) is 9.38. The Hall–Kier alpha value is 0.290. The summed E-state index contributed by atoms with van der Waals surface area (Å²) in [4.78, 5) is 5.48. The third kappa shape index (κ3) is 3.06. The van der Waals surface area contributed by atoms with Crippen molar-refractivity contribution in [3.8, 4) is 0 Å². The quantitative estimate of drug-likeness (QED) is 0.569. The molecule has 0 spiro atoms. The van der Waals surface area contributed by atoms with Crippen molar-refractivity contribution in [1.29, 1.82) is 0 Å². The van der Waals surface area contributed by atoms with E-state index in [-0.39, 0.29) is 5.41 Å².